The maximum absolute atomic E-state index is 11.0. The third kappa shape index (κ3) is 3.89. The van der Waals surface area contributed by atoms with Gasteiger partial charge in [-0.05, 0) is 24.1 Å². The molecule has 4 heteroatoms. The zero-order valence-corrected chi connectivity index (χ0v) is 12.5. The van der Waals surface area contributed by atoms with Gasteiger partial charge in [0.15, 0.2) is 0 Å². The minimum atomic E-state index is -1.05. The summed E-state index contributed by atoms with van der Waals surface area (Å²) in [6, 6.07) is 17.2. The van der Waals surface area contributed by atoms with E-state index in [2.05, 4.69) is 12.6 Å². The molecule has 2 aromatic rings. The molecule has 21 heavy (non-hydrogen) atoms. The van der Waals surface area contributed by atoms with Crippen molar-refractivity contribution < 1.29 is 14.6 Å². The van der Waals surface area contributed by atoms with Gasteiger partial charge in [0, 0.05) is 5.56 Å². The molecule has 3 nitrogen and oxygen atoms in total. The van der Waals surface area contributed by atoms with E-state index in [1.807, 2.05) is 54.6 Å². The lowest BCUT2D eigenvalue weighted by atomic mass is 10.1. The number of para-hydroxylation sites is 1. The van der Waals surface area contributed by atoms with Crippen LogP contribution in [-0.2, 0) is 11.4 Å². The Hall–Kier alpha value is -2.20. The molecule has 1 N–H and O–H groups in total. The average Bonchev–Trinajstić information content (AvgIpc) is 2.52. The van der Waals surface area contributed by atoms with E-state index in [-0.39, 0.29) is 4.91 Å². The Morgan fingerprint density at radius 3 is 2.38 bits per heavy atom. The van der Waals surface area contributed by atoms with Gasteiger partial charge in [0.05, 0.1) is 4.91 Å². The van der Waals surface area contributed by atoms with Crippen LogP contribution in [0.4, 0.5) is 0 Å². The second-order valence-corrected chi connectivity index (χ2v) is 5.00. The fourth-order valence-electron chi connectivity index (χ4n) is 1.93. The average molecular weight is 300 g/mol. The minimum Gasteiger partial charge on any atom is -0.488 e. The Labute approximate surface area is 129 Å². The van der Waals surface area contributed by atoms with Crippen LogP contribution in [0.3, 0.4) is 0 Å². The van der Waals surface area contributed by atoms with Crippen LogP contribution in [0.15, 0.2) is 59.5 Å². The second kappa shape index (κ2) is 6.99. The Balaban J connectivity index is 2.25. The number of benzene rings is 2. The number of aliphatic carboxylic acids is 1. The van der Waals surface area contributed by atoms with Crippen molar-refractivity contribution in [2.24, 2.45) is 0 Å². The van der Waals surface area contributed by atoms with Crippen LogP contribution >= 0.6 is 12.6 Å². The fraction of sp³-hybridized carbons (Fsp3) is 0.118. The van der Waals surface area contributed by atoms with Gasteiger partial charge >= 0.3 is 5.97 Å². The van der Waals surface area contributed by atoms with Crippen LogP contribution in [0.1, 0.15) is 18.1 Å². The molecule has 0 fully saturated rings. The summed E-state index contributed by atoms with van der Waals surface area (Å²) in [5, 5.41) is 9.04. The van der Waals surface area contributed by atoms with Crippen molar-refractivity contribution in [3.05, 3.63) is 70.6 Å². The van der Waals surface area contributed by atoms with Crippen molar-refractivity contribution in [1.82, 2.24) is 0 Å². The first-order valence-electron chi connectivity index (χ1n) is 6.49. The van der Waals surface area contributed by atoms with Gasteiger partial charge in [0.1, 0.15) is 12.4 Å². The van der Waals surface area contributed by atoms with Gasteiger partial charge in [-0.3, -0.25) is 0 Å². The molecule has 2 aromatic carbocycles. The summed E-state index contributed by atoms with van der Waals surface area (Å²) in [6.45, 7) is 2.15. The number of carbonyl (C=O) groups is 1. The molecule has 0 atom stereocenters. The molecule has 0 amide bonds. The SMILES string of the molecule is CC(=C(S)C(=O)O)c1ccccc1OCc1ccccc1. The van der Waals surface area contributed by atoms with E-state index in [9.17, 15) is 4.79 Å². The monoisotopic (exact) mass is 300 g/mol. The molecule has 0 radical (unpaired) electrons. The number of thiol groups is 1. The lowest BCUT2D eigenvalue weighted by Gasteiger charge is -2.12. The predicted octanol–water partition coefficient (Wildman–Crippen LogP) is 4.01. The molecule has 0 aliphatic rings. The van der Waals surface area contributed by atoms with E-state index in [0.717, 1.165) is 11.1 Å². The number of carboxylic acids is 1. The zero-order valence-electron chi connectivity index (χ0n) is 11.6. The van der Waals surface area contributed by atoms with Crippen LogP contribution in [-0.4, -0.2) is 11.1 Å². The standard InChI is InChI=1S/C17H16O3S/c1-12(16(21)17(18)19)14-9-5-6-10-15(14)20-11-13-7-3-2-4-8-13/h2-10,21H,11H2,1H3,(H,18,19). The summed E-state index contributed by atoms with van der Waals surface area (Å²) in [4.78, 5) is 11.0. The van der Waals surface area contributed by atoms with Crippen molar-refractivity contribution in [2.45, 2.75) is 13.5 Å². The third-order valence-corrected chi connectivity index (χ3v) is 3.61. The van der Waals surface area contributed by atoms with Crippen LogP contribution in [0.5, 0.6) is 5.75 Å². The van der Waals surface area contributed by atoms with Gasteiger partial charge < -0.3 is 9.84 Å². The molecule has 0 unspecified atom stereocenters. The topological polar surface area (TPSA) is 46.5 Å². The summed E-state index contributed by atoms with van der Waals surface area (Å²) in [5.74, 6) is -0.402. The quantitative estimate of drug-likeness (QED) is 0.648. The highest BCUT2D eigenvalue weighted by Crippen LogP contribution is 2.29. The number of rotatable bonds is 5. The largest absolute Gasteiger partial charge is 0.488 e. The van der Waals surface area contributed by atoms with E-state index in [1.165, 1.54) is 0 Å². The Kier molecular flexibility index (Phi) is 5.06. The number of allylic oxidation sites excluding steroid dienone is 1. The van der Waals surface area contributed by atoms with Crippen LogP contribution < -0.4 is 4.74 Å². The van der Waals surface area contributed by atoms with Gasteiger partial charge in [0.25, 0.3) is 0 Å². The molecular formula is C17H16O3S. The third-order valence-electron chi connectivity index (χ3n) is 3.09. The van der Waals surface area contributed by atoms with E-state index in [4.69, 9.17) is 9.84 Å². The lowest BCUT2D eigenvalue weighted by molar-refractivity contribution is -0.131. The van der Waals surface area contributed by atoms with Gasteiger partial charge in [-0.15, -0.1) is 12.6 Å². The van der Waals surface area contributed by atoms with Crippen LogP contribution in [0.2, 0.25) is 0 Å². The predicted molar refractivity (Wildman–Crippen MR) is 86.4 cm³/mol. The number of ether oxygens (including phenoxy) is 1. The van der Waals surface area contributed by atoms with Crippen molar-refractivity contribution in [1.29, 1.82) is 0 Å². The summed E-state index contributed by atoms with van der Waals surface area (Å²) < 4.78 is 5.81. The molecule has 108 valence electrons. The molecular weight excluding hydrogens is 284 g/mol. The minimum absolute atomic E-state index is 0.0192. The van der Waals surface area contributed by atoms with Gasteiger partial charge in [0.2, 0.25) is 0 Å². The van der Waals surface area contributed by atoms with Crippen LogP contribution in [0, 0.1) is 0 Å². The normalized spacial score (nSPS) is 11.7. The van der Waals surface area contributed by atoms with E-state index in [1.54, 1.807) is 6.92 Å². The maximum Gasteiger partial charge on any atom is 0.342 e. The first-order valence-corrected chi connectivity index (χ1v) is 6.93. The van der Waals surface area contributed by atoms with Crippen LogP contribution in [0.25, 0.3) is 5.57 Å². The highest BCUT2D eigenvalue weighted by Gasteiger charge is 2.12. The van der Waals surface area contributed by atoms with Gasteiger partial charge in [-0.2, -0.15) is 0 Å². The summed E-state index contributed by atoms with van der Waals surface area (Å²) in [7, 11) is 0. The zero-order chi connectivity index (χ0) is 15.2. The van der Waals surface area contributed by atoms with E-state index < -0.39 is 5.97 Å². The first kappa shape index (κ1) is 15.2. The molecule has 0 aliphatic heterocycles. The lowest BCUT2D eigenvalue weighted by Crippen LogP contribution is -2.01. The van der Waals surface area contributed by atoms with Crippen molar-refractivity contribution in [3.63, 3.8) is 0 Å². The molecule has 0 aromatic heterocycles. The second-order valence-electron chi connectivity index (χ2n) is 4.55. The summed E-state index contributed by atoms with van der Waals surface area (Å²) in [6.07, 6.45) is 0. The van der Waals surface area contributed by atoms with Crippen molar-refractivity contribution in [3.8, 4) is 5.75 Å². The van der Waals surface area contributed by atoms with E-state index >= 15 is 0 Å². The highest BCUT2D eigenvalue weighted by atomic mass is 32.1. The molecule has 0 spiro atoms. The molecule has 0 saturated carbocycles. The Morgan fingerprint density at radius 1 is 1.10 bits per heavy atom. The van der Waals surface area contributed by atoms with Gasteiger partial charge in [-0.25, -0.2) is 4.79 Å². The Bertz CT molecular complexity index is 663. The molecule has 0 aliphatic carbocycles. The summed E-state index contributed by atoms with van der Waals surface area (Å²) in [5.41, 5.74) is 2.37. The molecule has 0 bridgehead atoms. The molecule has 2 rings (SSSR count). The number of hydrogen-bond donors (Lipinski definition) is 2. The molecule has 0 heterocycles. The number of hydrogen-bond acceptors (Lipinski definition) is 3. The maximum atomic E-state index is 11.0. The first-order chi connectivity index (χ1) is 10.1. The van der Waals surface area contributed by atoms with E-state index in [0.29, 0.717) is 17.9 Å². The van der Waals surface area contributed by atoms with Crippen molar-refractivity contribution in [2.75, 3.05) is 0 Å². The highest BCUT2D eigenvalue weighted by molar-refractivity contribution is 7.85. The van der Waals surface area contributed by atoms with Crippen molar-refractivity contribution >= 4 is 24.2 Å². The smallest absolute Gasteiger partial charge is 0.342 e. The summed E-state index contributed by atoms with van der Waals surface area (Å²) >= 11 is 4.04. The molecule has 0 saturated heterocycles. The van der Waals surface area contributed by atoms with Gasteiger partial charge in [-0.1, -0.05) is 48.5 Å². The Morgan fingerprint density at radius 2 is 1.71 bits per heavy atom. The fourth-order valence-corrected chi connectivity index (χ4v) is 2.05. The number of carboxylic acid groups (broad SMARTS) is 1.